The lowest BCUT2D eigenvalue weighted by molar-refractivity contribution is 0.462. The van der Waals surface area contributed by atoms with E-state index in [0.29, 0.717) is 23.8 Å². The number of rotatable bonds is 5. The molecule has 0 aliphatic heterocycles. The highest BCUT2D eigenvalue weighted by Crippen LogP contribution is 2.28. The van der Waals surface area contributed by atoms with Crippen LogP contribution in [-0.4, -0.2) is 20.2 Å². The van der Waals surface area contributed by atoms with Crippen LogP contribution in [0.25, 0.3) is 11.3 Å². The maximum atomic E-state index is 12.6. The highest BCUT2D eigenvalue weighted by atomic mass is 32.1. The van der Waals surface area contributed by atoms with Gasteiger partial charge in [-0.05, 0) is 19.3 Å². The fourth-order valence-corrected chi connectivity index (χ4v) is 4.12. The number of thiazole rings is 1. The monoisotopic (exact) mass is 363 g/mol. The van der Waals surface area contributed by atoms with Crippen molar-refractivity contribution in [2.24, 2.45) is 7.05 Å². The summed E-state index contributed by atoms with van der Waals surface area (Å²) in [6.07, 6.45) is 6.84. The first-order valence-electron chi connectivity index (χ1n) is 8.84. The van der Waals surface area contributed by atoms with E-state index >= 15 is 0 Å². The van der Waals surface area contributed by atoms with Crippen molar-refractivity contribution in [3.05, 3.63) is 26.2 Å². The molecule has 0 atom stereocenters. The molecule has 0 bridgehead atoms. The molecule has 1 aliphatic carbocycles. The Morgan fingerprint density at radius 2 is 2.04 bits per heavy atom. The smallest absolute Gasteiger partial charge is 0.332 e. The first kappa shape index (κ1) is 17.7. The summed E-state index contributed by atoms with van der Waals surface area (Å²) in [4.78, 5) is 29.4. The number of aromatic nitrogens is 3. The van der Waals surface area contributed by atoms with Crippen molar-refractivity contribution in [1.29, 1.82) is 0 Å². The number of nitrogens with one attached hydrogen (secondary N) is 1. The van der Waals surface area contributed by atoms with Crippen molar-refractivity contribution in [1.82, 2.24) is 14.1 Å². The normalized spacial score (nSPS) is 15.4. The number of hydrogen-bond acceptors (Lipinski definition) is 6. The molecule has 3 rings (SSSR count). The molecular formula is C17H25N5O2S. The number of nitrogens with two attached hydrogens (primary N) is 1. The van der Waals surface area contributed by atoms with Crippen LogP contribution >= 0.6 is 11.3 Å². The molecule has 25 heavy (non-hydrogen) atoms. The fraction of sp³-hybridized carbons (Fsp3) is 0.588. The van der Waals surface area contributed by atoms with Gasteiger partial charge in [-0.3, -0.25) is 13.9 Å². The first-order valence-corrected chi connectivity index (χ1v) is 9.72. The van der Waals surface area contributed by atoms with Crippen LogP contribution in [0.15, 0.2) is 15.0 Å². The topological polar surface area (TPSA) is 94.9 Å². The minimum Gasteiger partial charge on any atom is -0.384 e. The Labute approximate surface area is 150 Å². The van der Waals surface area contributed by atoms with Gasteiger partial charge in [0.15, 0.2) is 5.13 Å². The maximum Gasteiger partial charge on any atom is 0.332 e. The van der Waals surface area contributed by atoms with E-state index in [1.807, 2.05) is 12.3 Å². The highest BCUT2D eigenvalue weighted by molar-refractivity contribution is 7.14. The Hall–Kier alpha value is -2.09. The molecule has 7 nitrogen and oxygen atoms in total. The third-order valence-electron chi connectivity index (χ3n) is 4.72. The van der Waals surface area contributed by atoms with E-state index in [2.05, 4.69) is 10.3 Å². The van der Waals surface area contributed by atoms with E-state index in [0.717, 1.165) is 29.0 Å². The predicted molar refractivity (Wildman–Crippen MR) is 102 cm³/mol. The molecule has 1 fully saturated rings. The van der Waals surface area contributed by atoms with Crippen LogP contribution in [0.3, 0.4) is 0 Å². The molecule has 1 aliphatic rings. The van der Waals surface area contributed by atoms with Crippen molar-refractivity contribution >= 4 is 22.3 Å². The number of nitrogens with zero attached hydrogens (tertiary/aromatic N) is 3. The van der Waals surface area contributed by atoms with Crippen LogP contribution in [0.2, 0.25) is 0 Å². The van der Waals surface area contributed by atoms with Gasteiger partial charge in [-0.2, -0.15) is 0 Å². The van der Waals surface area contributed by atoms with Crippen LogP contribution in [0.1, 0.15) is 45.4 Å². The third kappa shape index (κ3) is 3.49. The molecule has 0 amide bonds. The van der Waals surface area contributed by atoms with Crippen molar-refractivity contribution in [2.75, 3.05) is 11.1 Å². The zero-order valence-corrected chi connectivity index (χ0v) is 15.6. The number of hydrogen-bond donors (Lipinski definition) is 2. The number of anilines is 2. The van der Waals surface area contributed by atoms with Gasteiger partial charge < -0.3 is 11.1 Å². The van der Waals surface area contributed by atoms with Gasteiger partial charge in [-0.25, -0.2) is 9.78 Å². The largest absolute Gasteiger partial charge is 0.384 e. The summed E-state index contributed by atoms with van der Waals surface area (Å²) in [5.41, 5.74) is 6.22. The van der Waals surface area contributed by atoms with Crippen LogP contribution in [0.4, 0.5) is 10.9 Å². The molecule has 3 N–H and O–H groups in total. The van der Waals surface area contributed by atoms with Gasteiger partial charge in [0.05, 0.1) is 5.69 Å². The van der Waals surface area contributed by atoms with E-state index in [9.17, 15) is 9.59 Å². The Morgan fingerprint density at radius 1 is 1.32 bits per heavy atom. The quantitative estimate of drug-likeness (QED) is 0.850. The van der Waals surface area contributed by atoms with Gasteiger partial charge in [-0.1, -0.05) is 26.2 Å². The summed E-state index contributed by atoms with van der Waals surface area (Å²) < 4.78 is 2.55. The predicted octanol–water partition coefficient (Wildman–Crippen LogP) is 2.41. The molecule has 0 radical (unpaired) electrons. The standard InChI is InChI=1S/C17H25N5O2S/c1-3-9-22-14(18)13(15(23)21(2)17(22)24)12-10-25-16(20-12)19-11-7-5-4-6-8-11/h10-11H,3-9,18H2,1-2H3,(H,19,20). The van der Waals surface area contributed by atoms with Gasteiger partial charge >= 0.3 is 5.69 Å². The van der Waals surface area contributed by atoms with Crippen molar-refractivity contribution in [3.63, 3.8) is 0 Å². The van der Waals surface area contributed by atoms with Crippen LogP contribution in [0.5, 0.6) is 0 Å². The van der Waals surface area contributed by atoms with Crippen LogP contribution in [-0.2, 0) is 13.6 Å². The van der Waals surface area contributed by atoms with Crippen molar-refractivity contribution in [2.45, 2.75) is 58.0 Å². The lowest BCUT2D eigenvalue weighted by Crippen LogP contribution is -2.40. The highest BCUT2D eigenvalue weighted by Gasteiger charge is 2.20. The minimum absolute atomic E-state index is 0.199. The van der Waals surface area contributed by atoms with Gasteiger partial charge in [0.25, 0.3) is 5.56 Å². The van der Waals surface area contributed by atoms with Crippen LogP contribution in [0, 0.1) is 0 Å². The Bertz CT molecular complexity index is 861. The molecule has 0 spiro atoms. The minimum atomic E-state index is -0.399. The molecule has 2 heterocycles. The van der Waals surface area contributed by atoms with E-state index in [1.54, 1.807) is 0 Å². The van der Waals surface area contributed by atoms with Gasteiger partial charge in [0, 0.05) is 25.0 Å². The Morgan fingerprint density at radius 3 is 2.72 bits per heavy atom. The second kappa shape index (κ2) is 7.43. The van der Waals surface area contributed by atoms with Crippen molar-refractivity contribution in [3.8, 4) is 11.3 Å². The lowest BCUT2D eigenvalue weighted by Gasteiger charge is -2.22. The van der Waals surface area contributed by atoms with Gasteiger partial charge in [-0.15, -0.1) is 11.3 Å². The summed E-state index contributed by atoms with van der Waals surface area (Å²) in [6.45, 7) is 2.44. The molecule has 2 aromatic heterocycles. The fourth-order valence-electron chi connectivity index (χ4n) is 3.34. The summed E-state index contributed by atoms with van der Waals surface area (Å²) in [6, 6.07) is 0.446. The molecule has 2 aromatic rings. The Kier molecular flexibility index (Phi) is 5.27. The average Bonchev–Trinajstić information content (AvgIpc) is 3.06. The first-order chi connectivity index (χ1) is 12.0. The van der Waals surface area contributed by atoms with E-state index < -0.39 is 5.56 Å². The molecule has 0 aromatic carbocycles. The maximum absolute atomic E-state index is 12.6. The second-order valence-electron chi connectivity index (χ2n) is 6.58. The zero-order valence-electron chi connectivity index (χ0n) is 14.7. The van der Waals surface area contributed by atoms with Gasteiger partial charge in [0.2, 0.25) is 0 Å². The van der Waals surface area contributed by atoms with E-state index in [4.69, 9.17) is 5.73 Å². The summed E-state index contributed by atoms with van der Waals surface area (Å²) in [5, 5.41) is 6.10. The summed E-state index contributed by atoms with van der Waals surface area (Å²) >= 11 is 1.47. The average molecular weight is 363 g/mol. The molecule has 1 saturated carbocycles. The Balaban J connectivity index is 1.96. The van der Waals surface area contributed by atoms with E-state index in [-0.39, 0.29) is 11.5 Å². The zero-order chi connectivity index (χ0) is 18.0. The second-order valence-corrected chi connectivity index (χ2v) is 7.43. The number of nitrogen functional groups attached to an aromatic ring is 1. The molecule has 8 heteroatoms. The van der Waals surface area contributed by atoms with E-state index in [1.165, 1.54) is 42.2 Å². The molecule has 0 unspecified atom stereocenters. The third-order valence-corrected chi connectivity index (χ3v) is 5.50. The van der Waals surface area contributed by atoms with Crippen molar-refractivity contribution < 1.29 is 0 Å². The summed E-state index contributed by atoms with van der Waals surface area (Å²) in [5.74, 6) is 0.199. The van der Waals surface area contributed by atoms with Gasteiger partial charge in [0.1, 0.15) is 11.4 Å². The molecule has 136 valence electrons. The SMILES string of the molecule is CCCn1c(N)c(-c2csc(NC3CCCCC3)n2)c(=O)n(C)c1=O. The molecule has 0 saturated heterocycles. The molecular weight excluding hydrogens is 338 g/mol. The lowest BCUT2D eigenvalue weighted by atomic mass is 9.96. The van der Waals surface area contributed by atoms with Crippen LogP contribution < -0.4 is 22.3 Å². The summed E-state index contributed by atoms with van der Waals surface area (Å²) in [7, 11) is 1.48.